The van der Waals surface area contributed by atoms with Gasteiger partial charge in [-0.3, -0.25) is 0 Å². The summed E-state index contributed by atoms with van der Waals surface area (Å²) >= 11 is 0. The highest BCUT2D eigenvalue weighted by Crippen LogP contribution is 2.19. The second-order valence-corrected chi connectivity index (χ2v) is 4.41. The number of hydrogen-bond acceptors (Lipinski definition) is 4. The first-order chi connectivity index (χ1) is 9.63. The fraction of sp³-hybridized carbons (Fsp3) is 0.0714. The van der Waals surface area contributed by atoms with E-state index in [1.54, 1.807) is 41.9 Å². The zero-order valence-electron chi connectivity index (χ0n) is 10.7. The number of benzene rings is 1. The lowest BCUT2D eigenvalue weighted by molar-refractivity contribution is 0.0696. The molecule has 6 heteroatoms. The number of hydrogen-bond donors (Lipinski definition) is 2. The number of carboxylic acid groups (broad SMARTS) is 1. The number of aromatic carboxylic acids is 1. The molecule has 20 heavy (non-hydrogen) atoms. The lowest BCUT2D eigenvalue weighted by Gasteiger charge is -2.08. The quantitative estimate of drug-likeness (QED) is 0.762. The Bertz CT molecular complexity index is 795. The third-order valence-electron chi connectivity index (χ3n) is 2.99. The Morgan fingerprint density at radius 3 is 2.90 bits per heavy atom. The van der Waals surface area contributed by atoms with Gasteiger partial charge >= 0.3 is 5.97 Å². The van der Waals surface area contributed by atoms with E-state index in [1.165, 1.54) is 0 Å². The van der Waals surface area contributed by atoms with Crippen LogP contribution in [0.5, 0.6) is 0 Å². The summed E-state index contributed by atoms with van der Waals surface area (Å²) in [5.74, 6) is -0.242. The SMILES string of the molecule is Cc1cc(Nc2ccn3nccc3n2)ccc1C(=O)O. The Balaban J connectivity index is 1.90. The van der Waals surface area contributed by atoms with Gasteiger partial charge in [-0.05, 0) is 36.8 Å². The van der Waals surface area contributed by atoms with Crippen molar-refractivity contribution in [3.05, 3.63) is 53.9 Å². The molecule has 0 saturated carbocycles. The van der Waals surface area contributed by atoms with E-state index in [1.807, 2.05) is 12.3 Å². The first-order valence-electron chi connectivity index (χ1n) is 6.05. The van der Waals surface area contributed by atoms with Crippen LogP contribution in [0.15, 0.2) is 42.7 Å². The third kappa shape index (κ3) is 2.18. The Morgan fingerprint density at radius 1 is 1.30 bits per heavy atom. The topological polar surface area (TPSA) is 79.5 Å². The fourth-order valence-corrected chi connectivity index (χ4v) is 2.01. The monoisotopic (exact) mass is 268 g/mol. The third-order valence-corrected chi connectivity index (χ3v) is 2.99. The van der Waals surface area contributed by atoms with Crippen molar-refractivity contribution in [1.82, 2.24) is 14.6 Å². The van der Waals surface area contributed by atoms with Crippen LogP contribution < -0.4 is 5.32 Å². The van der Waals surface area contributed by atoms with Crippen LogP contribution in [0, 0.1) is 6.92 Å². The highest BCUT2D eigenvalue weighted by atomic mass is 16.4. The Labute approximate surface area is 114 Å². The minimum Gasteiger partial charge on any atom is -0.478 e. The number of fused-ring (bicyclic) bond motifs is 1. The molecule has 0 spiro atoms. The molecule has 0 radical (unpaired) electrons. The molecule has 0 saturated heterocycles. The smallest absolute Gasteiger partial charge is 0.335 e. The van der Waals surface area contributed by atoms with Crippen LogP contribution in [-0.4, -0.2) is 25.7 Å². The summed E-state index contributed by atoms with van der Waals surface area (Å²) in [5, 5.41) is 16.2. The van der Waals surface area contributed by atoms with E-state index < -0.39 is 5.97 Å². The lowest BCUT2D eigenvalue weighted by atomic mass is 10.1. The van der Waals surface area contributed by atoms with E-state index in [4.69, 9.17) is 5.11 Å². The summed E-state index contributed by atoms with van der Waals surface area (Å²) in [6.45, 7) is 1.77. The minimum absolute atomic E-state index is 0.301. The second-order valence-electron chi connectivity index (χ2n) is 4.41. The van der Waals surface area contributed by atoms with Crippen molar-refractivity contribution in [2.45, 2.75) is 6.92 Å². The summed E-state index contributed by atoms with van der Waals surface area (Å²) in [6.07, 6.45) is 3.49. The number of aromatic nitrogens is 3. The van der Waals surface area contributed by atoms with Gasteiger partial charge in [-0.1, -0.05) is 0 Å². The second kappa shape index (κ2) is 4.65. The molecule has 3 aromatic rings. The standard InChI is InChI=1S/C14H12N4O2/c1-9-8-10(2-3-11(9)14(19)20)16-12-5-7-18-13(17-12)4-6-15-18/h2-8H,1H3,(H,16,17)(H,19,20). The molecule has 6 nitrogen and oxygen atoms in total. The maximum atomic E-state index is 11.0. The molecule has 2 aromatic heterocycles. The minimum atomic E-state index is -0.923. The van der Waals surface area contributed by atoms with Crippen molar-refractivity contribution in [2.75, 3.05) is 5.32 Å². The predicted molar refractivity (Wildman–Crippen MR) is 74.4 cm³/mol. The highest BCUT2D eigenvalue weighted by Gasteiger charge is 2.07. The van der Waals surface area contributed by atoms with Gasteiger partial charge in [0, 0.05) is 18.0 Å². The highest BCUT2D eigenvalue weighted by molar-refractivity contribution is 5.90. The van der Waals surface area contributed by atoms with Gasteiger partial charge in [0.1, 0.15) is 5.82 Å². The summed E-state index contributed by atoms with van der Waals surface area (Å²) in [7, 11) is 0. The van der Waals surface area contributed by atoms with E-state index in [-0.39, 0.29) is 0 Å². The van der Waals surface area contributed by atoms with Gasteiger partial charge in [0.2, 0.25) is 0 Å². The van der Waals surface area contributed by atoms with Crippen LogP contribution in [0.2, 0.25) is 0 Å². The average Bonchev–Trinajstić information content (AvgIpc) is 2.85. The fourth-order valence-electron chi connectivity index (χ4n) is 2.01. The van der Waals surface area contributed by atoms with Gasteiger partial charge in [-0.2, -0.15) is 5.10 Å². The molecule has 100 valence electrons. The van der Waals surface area contributed by atoms with Gasteiger partial charge in [-0.25, -0.2) is 14.3 Å². The van der Waals surface area contributed by atoms with Crippen LogP contribution in [0.1, 0.15) is 15.9 Å². The van der Waals surface area contributed by atoms with Crippen LogP contribution in [-0.2, 0) is 0 Å². The van der Waals surface area contributed by atoms with Crippen molar-refractivity contribution >= 4 is 23.1 Å². The number of anilines is 2. The first kappa shape index (κ1) is 12.2. The van der Waals surface area contributed by atoms with Crippen LogP contribution in [0.3, 0.4) is 0 Å². The molecule has 0 unspecified atom stereocenters. The summed E-state index contributed by atoms with van der Waals surface area (Å²) in [6, 6.07) is 8.70. The number of carbonyl (C=O) groups is 1. The molecule has 0 aliphatic carbocycles. The van der Waals surface area contributed by atoms with Crippen molar-refractivity contribution in [1.29, 1.82) is 0 Å². The molecular weight excluding hydrogens is 256 g/mol. The predicted octanol–water partition coefficient (Wildman–Crippen LogP) is 2.48. The number of aryl methyl sites for hydroxylation is 1. The Kier molecular flexibility index (Phi) is 2.83. The molecule has 0 aliphatic rings. The van der Waals surface area contributed by atoms with E-state index in [0.717, 1.165) is 11.3 Å². The van der Waals surface area contributed by atoms with E-state index in [9.17, 15) is 4.79 Å². The number of nitrogens with one attached hydrogen (secondary N) is 1. The molecule has 0 atom stereocenters. The van der Waals surface area contributed by atoms with E-state index in [0.29, 0.717) is 16.9 Å². The average molecular weight is 268 g/mol. The van der Waals surface area contributed by atoms with Crippen LogP contribution in [0.4, 0.5) is 11.5 Å². The molecular formula is C14H12N4O2. The van der Waals surface area contributed by atoms with Gasteiger partial charge in [0.25, 0.3) is 0 Å². The molecule has 0 amide bonds. The summed E-state index contributed by atoms with van der Waals surface area (Å²) in [5.41, 5.74) is 2.54. The van der Waals surface area contributed by atoms with Gasteiger partial charge in [0.15, 0.2) is 5.65 Å². The molecule has 0 bridgehead atoms. The van der Waals surface area contributed by atoms with Crippen LogP contribution >= 0.6 is 0 Å². The largest absolute Gasteiger partial charge is 0.478 e. The van der Waals surface area contributed by atoms with Crippen molar-refractivity contribution in [3.8, 4) is 0 Å². The number of rotatable bonds is 3. The van der Waals surface area contributed by atoms with Gasteiger partial charge in [-0.15, -0.1) is 0 Å². The first-order valence-corrected chi connectivity index (χ1v) is 6.05. The van der Waals surface area contributed by atoms with Crippen molar-refractivity contribution in [3.63, 3.8) is 0 Å². The van der Waals surface area contributed by atoms with Gasteiger partial charge < -0.3 is 10.4 Å². The zero-order valence-corrected chi connectivity index (χ0v) is 10.7. The molecule has 1 aromatic carbocycles. The van der Waals surface area contributed by atoms with Crippen molar-refractivity contribution < 1.29 is 9.90 Å². The molecule has 0 fully saturated rings. The maximum Gasteiger partial charge on any atom is 0.335 e. The lowest BCUT2D eigenvalue weighted by Crippen LogP contribution is -2.01. The maximum absolute atomic E-state index is 11.0. The number of nitrogens with zero attached hydrogens (tertiary/aromatic N) is 3. The normalized spacial score (nSPS) is 10.7. The Hall–Kier alpha value is -2.89. The molecule has 0 aliphatic heterocycles. The van der Waals surface area contributed by atoms with E-state index in [2.05, 4.69) is 15.4 Å². The summed E-state index contributed by atoms with van der Waals surface area (Å²) < 4.78 is 1.67. The van der Waals surface area contributed by atoms with Crippen LogP contribution in [0.25, 0.3) is 5.65 Å². The molecule has 2 heterocycles. The zero-order chi connectivity index (χ0) is 14.1. The number of carboxylic acids is 1. The molecule has 3 rings (SSSR count). The van der Waals surface area contributed by atoms with Crippen molar-refractivity contribution in [2.24, 2.45) is 0 Å². The van der Waals surface area contributed by atoms with Gasteiger partial charge in [0.05, 0.1) is 11.8 Å². The van der Waals surface area contributed by atoms with E-state index >= 15 is 0 Å². The summed E-state index contributed by atoms with van der Waals surface area (Å²) in [4.78, 5) is 15.4. The molecule has 2 N–H and O–H groups in total. The Morgan fingerprint density at radius 2 is 2.15 bits per heavy atom.